The average Bonchev–Trinajstić information content (AvgIpc) is 2.59. The number of hydrogen-bond donors (Lipinski definition) is 0. The van der Waals surface area contributed by atoms with Crippen LogP contribution in [-0.2, 0) is 4.79 Å². The van der Waals surface area contributed by atoms with Crippen LogP contribution in [0.2, 0.25) is 0 Å². The molecule has 0 bridgehead atoms. The normalized spacial score (nSPS) is 13.2. The molecular formula is C16H25N3O. The number of terminal acetylenes is 1. The third kappa shape index (κ3) is 5.31. The minimum absolute atomic E-state index is 0.222. The predicted octanol–water partition coefficient (Wildman–Crippen LogP) is 2.42. The summed E-state index contributed by atoms with van der Waals surface area (Å²) in [4.78, 5) is 19.4. The molecule has 1 aliphatic rings. The molecule has 0 aliphatic carbocycles. The average molecular weight is 275 g/mol. The van der Waals surface area contributed by atoms with E-state index in [0.29, 0.717) is 13.1 Å². The van der Waals surface area contributed by atoms with Crippen molar-refractivity contribution in [2.24, 2.45) is 0 Å². The van der Waals surface area contributed by atoms with Crippen molar-refractivity contribution in [3.63, 3.8) is 0 Å². The minimum atomic E-state index is -0.222. The molecule has 20 heavy (non-hydrogen) atoms. The fraction of sp³-hybridized carbons (Fsp3) is 0.500. The van der Waals surface area contributed by atoms with Crippen molar-refractivity contribution in [2.75, 3.05) is 31.1 Å². The molecule has 0 aromatic carbocycles. The number of pyridine rings is 1. The third-order valence-corrected chi connectivity index (χ3v) is 2.66. The maximum absolute atomic E-state index is 11.3. The number of carbonyl (C=O) groups is 1. The van der Waals surface area contributed by atoms with Gasteiger partial charge in [-0.05, 0) is 18.1 Å². The summed E-state index contributed by atoms with van der Waals surface area (Å²) in [5.74, 6) is 2.87. The highest BCUT2D eigenvalue weighted by atomic mass is 16.2. The van der Waals surface area contributed by atoms with Gasteiger partial charge in [0.15, 0.2) is 0 Å². The van der Waals surface area contributed by atoms with Gasteiger partial charge < -0.3 is 9.80 Å². The van der Waals surface area contributed by atoms with E-state index >= 15 is 0 Å². The Morgan fingerprint density at radius 3 is 2.20 bits per heavy atom. The first kappa shape index (κ1) is 18.0. The van der Waals surface area contributed by atoms with E-state index in [2.05, 4.69) is 15.8 Å². The van der Waals surface area contributed by atoms with Crippen molar-refractivity contribution >= 4 is 11.7 Å². The Hall–Kier alpha value is -2.02. The highest BCUT2D eigenvalue weighted by Crippen LogP contribution is 2.12. The Morgan fingerprint density at radius 1 is 1.15 bits per heavy atom. The summed E-state index contributed by atoms with van der Waals surface area (Å²) < 4.78 is 0. The van der Waals surface area contributed by atoms with Gasteiger partial charge in [0.2, 0.25) is 0 Å². The molecule has 1 aromatic rings. The lowest BCUT2D eigenvalue weighted by molar-refractivity contribution is -0.125. The zero-order valence-corrected chi connectivity index (χ0v) is 13.0. The molecule has 1 fully saturated rings. The monoisotopic (exact) mass is 275 g/mol. The van der Waals surface area contributed by atoms with E-state index in [1.807, 2.05) is 45.9 Å². The van der Waals surface area contributed by atoms with Gasteiger partial charge in [-0.25, -0.2) is 4.98 Å². The first-order valence-corrected chi connectivity index (χ1v) is 7.23. The summed E-state index contributed by atoms with van der Waals surface area (Å²) in [5.41, 5.74) is 0. The number of anilines is 1. The van der Waals surface area contributed by atoms with Crippen LogP contribution in [0.1, 0.15) is 27.7 Å². The summed E-state index contributed by atoms with van der Waals surface area (Å²) >= 11 is 0. The molecule has 110 valence electrons. The second-order valence-electron chi connectivity index (χ2n) is 3.61. The van der Waals surface area contributed by atoms with Crippen LogP contribution in [0, 0.1) is 12.3 Å². The van der Waals surface area contributed by atoms with Gasteiger partial charge in [0, 0.05) is 32.4 Å². The Balaban J connectivity index is 0.000000829. The Labute approximate surface area is 122 Å². The number of rotatable bonds is 1. The fourth-order valence-corrected chi connectivity index (χ4v) is 1.77. The molecule has 1 aliphatic heterocycles. The van der Waals surface area contributed by atoms with Crippen molar-refractivity contribution in [1.29, 1.82) is 0 Å². The van der Waals surface area contributed by atoms with Gasteiger partial charge in [-0.1, -0.05) is 33.8 Å². The first-order chi connectivity index (χ1) is 9.81. The van der Waals surface area contributed by atoms with Crippen LogP contribution in [0.15, 0.2) is 24.4 Å². The maximum atomic E-state index is 11.3. The molecule has 0 spiro atoms. The van der Waals surface area contributed by atoms with E-state index in [0.717, 1.165) is 18.9 Å². The van der Waals surface area contributed by atoms with E-state index in [1.54, 1.807) is 11.1 Å². The zero-order chi connectivity index (χ0) is 15.4. The van der Waals surface area contributed by atoms with Crippen molar-refractivity contribution in [3.8, 4) is 12.3 Å². The highest BCUT2D eigenvalue weighted by Gasteiger charge is 2.20. The van der Waals surface area contributed by atoms with Crippen LogP contribution in [0.25, 0.3) is 0 Å². The van der Waals surface area contributed by atoms with Gasteiger partial charge in [0.1, 0.15) is 5.82 Å². The molecule has 0 N–H and O–H groups in total. The summed E-state index contributed by atoms with van der Waals surface area (Å²) in [6.07, 6.45) is 6.85. The van der Waals surface area contributed by atoms with Crippen molar-refractivity contribution in [2.45, 2.75) is 27.7 Å². The highest BCUT2D eigenvalue weighted by molar-refractivity contribution is 5.93. The lowest BCUT2D eigenvalue weighted by Gasteiger charge is -2.34. The van der Waals surface area contributed by atoms with Crippen molar-refractivity contribution < 1.29 is 4.79 Å². The van der Waals surface area contributed by atoms with Crippen LogP contribution in [0.4, 0.5) is 5.82 Å². The van der Waals surface area contributed by atoms with Crippen LogP contribution in [0.3, 0.4) is 0 Å². The predicted molar refractivity (Wildman–Crippen MR) is 84.6 cm³/mol. The topological polar surface area (TPSA) is 36.4 Å². The Bertz CT molecular complexity index is 403. The largest absolute Gasteiger partial charge is 0.353 e. The second-order valence-corrected chi connectivity index (χ2v) is 3.61. The number of piperazine rings is 1. The maximum Gasteiger partial charge on any atom is 0.298 e. The molecule has 0 atom stereocenters. The summed E-state index contributed by atoms with van der Waals surface area (Å²) in [5, 5.41) is 0. The van der Waals surface area contributed by atoms with Crippen LogP contribution in [-0.4, -0.2) is 42.0 Å². The van der Waals surface area contributed by atoms with E-state index in [4.69, 9.17) is 6.42 Å². The van der Waals surface area contributed by atoms with Crippen molar-refractivity contribution in [3.05, 3.63) is 24.4 Å². The van der Waals surface area contributed by atoms with Crippen LogP contribution in [0.5, 0.6) is 0 Å². The lowest BCUT2D eigenvalue weighted by Crippen LogP contribution is -2.48. The minimum Gasteiger partial charge on any atom is -0.353 e. The number of amides is 1. The van der Waals surface area contributed by atoms with Gasteiger partial charge in [-0.3, -0.25) is 4.79 Å². The Kier molecular flexibility index (Phi) is 9.76. The Morgan fingerprint density at radius 2 is 1.75 bits per heavy atom. The molecule has 0 saturated carbocycles. The third-order valence-electron chi connectivity index (χ3n) is 2.66. The molecule has 1 aromatic heterocycles. The molecule has 2 rings (SSSR count). The molecule has 2 heterocycles. The standard InChI is InChI=1S/C12H13N3O.2C2H6/c1-2-12(16)15-9-7-14(8-10-15)11-5-3-4-6-13-11;2*1-2/h1,3-6H,7-10H2;2*1-2H3. The fourth-order valence-electron chi connectivity index (χ4n) is 1.77. The van der Waals surface area contributed by atoms with Gasteiger partial charge in [0.05, 0.1) is 0 Å². The van der Waals surface area contributed by atoms with Crippen molar-refractivity contribution in [1.82, 2.24) is 9.88 Å². The van der Waals surface area contributed by atoms with Crippen LogP contribution >= 0.6 is 0 Å². The van der Waals surface area contributed by atoms with Gasteiger partial charge in [-0.2, -0.15) is 0 Å². The number of carbonyl (C=O) groups excluding carboxylic acids is 1. The van der Waals surface area contributed by atoms with E-state index in [-0.39, 0.29) is 5.91 Å². The van der Waals surface area contributed by atoms with E-state index < -0.39 is 0 Å². The molecule has 1 saturated heterocycles. The molecule has 1 amide bonds. The SMILES string of the molecule is C#CC(=O)N1CCN(c2ccccn2)CC1.CC.CC. The molecule has 0 radical (unpaired) electrons. The molecular weight excluding hydrogens is 250 g/mol. The van der Waals surface area contributed by atoms with E-state index in [1.165, 1.54) is 0 Å². The number of hydrogen-bond acceptors (Lipinski definition) is 3. The summed E-state index contributed by atoms with van der Waals surface area (Å²) in [6.45, 7) is 10.9. The van der Waals surface area contributed by atoms with Gasteiger partial charge in [-0.15, -0.1) is 6.42 Å². The number of nitrogens with zero attached hydrogens (tertiary/aromatic N) is 3. The smallest absolute Gasteiger partial charge is 0.298 e. The second kappa shape index (κ2) is 10.9. The zero-order valence-electron chi connectivity index (χ0n) is 13.0. The first-order valence-electron chi connectivity index (χ1n) is 7.23. The number of aromatic nitrogens is 1. The quantitative estimate of drug-likeness (QED) is 0.739. The lowest BCUT2D eigenvalue weighted by atomic mass is 10.3. The van der Waals surface area contributed by atoms with Gasteiger partial charge >= 0.3 is 0 Å². The summed E-state index contributed by atoms with van der Waals surface area (Å²) in [6, 6.07) is 5.82. The summed E-state index contributed by atoms with van der Waals surface area (Å²) in [7, 11) is 0. The van der Waals surface area contributed by atoms with Crippen LogP contribution < -0.4 is 4.90 Å². The molecule has 4 nitrogen and oxygen atoms in total. The molecule has 4 heteroatoms. The molecule has 0 unspecified atom stereocenters. The van der Waals surface area contributed by atoms with Gasteiger partial charge in [0.25, 0.3) is 5.91 Å². The van der Waals surface area contributed by atoms with E-state index in [9.17, 15) is 4.79 Å².